The van der Waals surface area contributed by atoms with Gasteiger partial charge in [-0.25, -0.2) is 18.1 Å². The summed E-state index contributed by atoms with van der Waals surface area (Å²) in [5.41, 5.74) is 0. The maximum atomic E-state index is 12.3. The molecule has 22 heavy (non-hydrogen) atoms. The second-order valence-electron chi connectivity index (χ2n) is 5.88. The summed E-state index contributed by atoms with van der Waals surface area (Å²) in [5.74, 6) is 0.757. The summed E-state index contributed by atoms with van der Waals surface area (Å²) in [6, 6.07) is 3.24. The van der Waals surface area contributed by atoms with Crippen molar-refractivity contribution in [3.63, 3.8) is 0 Å². The summed E-state index contributed by atoms with van der Waals surface area (Å²) < 4.78 is 27.2. The van der Waals surface area contributed by atoms with Crippen LogP contribution in [-0.4, -0.2) is 43.7 Å². The highest BCUT2D eigenvalue weighted by Crippen LogP contribution is 2.19. The monoisotopic (exact) mass is 327 g/mol. The lowest BCUT2D eigenvalue weighted by atomic mass is 10.1. The van der Waals surface area contributed by atoms with Crippen molar-refractivity contribution in [2.24, 2.45) is 0 Å². The van der Waals surface area contributed by atoms with Crippen molar-refractivity contribution in [3.05, 3.63) is 18.3 Å². The first-order chi connectivity index (χ1) is 10.4. The van der Waals surface area contributed by atoms with E-state index in [1.807, 2.05) is 13.8 Å². The molecule has 1 fully saturated rings. The number of hydrogen-bond acceptors (Lipinski definition) is 5. The normalized spacial score (nSPS) is 18.4. The van der Waals surface area contributed by atoms with Crippen LogP contribution in [0.4, 0.5) is 5.82 Å². The molecule has 1 aromatic rings. The van der Waals surface area contributed by atoms with Crippen LogP contribution in [0.25, 0.3) is 0 Å². The maximum absolute atomic E-state index is 12.3. The van der Waals surface area contributed by atoms with Gasteiger partial charge in [0.15, 0.2) is 0 Å². The molecular formula is C15H25N3O3S. The Kier molecular flexibility index (Phi) is 5.77. The van der Waals surface area contributed by atoms with Crippen molar-refractivity contribution in [2.45, 2.75) is 56.6 Å². The smallest absolute Gasteiger partial charge is 0.242 e. The maximum Gasteiger partial charge on any atom is 0.242 e. The summed E-state index contributed by atoms with van der Waals surface area (Å²) >= 11 is 0. The lowest BCUT2D eigenvalue weighted by Crippen LogP contribution is -2.36. The van der Waals surface area contributed by atoms with Gasteiger partial charge in [-0.15, -0.1) is 0 Å². The van der Waals surface area contributed by atoms with Crippen molar-refractivity contribution >= 4 is 15.8 Å². The van der Waals surface area contributed by atoms with Gasteiger partial charge in [-0.1, -0.05) is 13.3 Å². The quantitative estimate of drug-likeness (QED) is 0.827. The van der Waals surface area contributed by atoms with E-state index in [1.165, 1.54) is 6.20 Å². The first kappa shape index (κ1) is 17.2. The fourth-order valence-electron chi connectivity index (χ4n) is 2.64. The third kappa shape index (κ3) is 4.41. The van der Waals surface area contributed by atoms with Gasteiger partial charge in [0.2, 0.25) is 10.0 Å². The Morgan fingerprint density at radius 1 is 1.41 bits per heavy atom. The molecule has 1 aliphatic rings. The summed E-state index contributed by atoms with van der Waals surface area (Å²) in [6.45, 7) is 5.37. The number of aliphatic hydroxyl groups excluding tert-OH is 1. The molecule has 0 spiro atoms. The molecule has 1 atom stereocenters. The molecule has 2 N–H and O–H groups in total. The highest BCUT2D eigenvalue weighted by molar-refractivity contribution is 7.89. The molecule has 0 unspecified atom stereocenters. The molecule has 1 aromatic heterocycles. The van der Waals surface area contributed by atoms with Crippen LogP contribution in [-0.2, 0) is 10.0 Å². The Labute approximate surface area is 132 Å². The van der Waals surface area contributed by atoms with E-state index >= 15 is 0 Å². The molecule has 0 amide bonds. The van der Waals surface area contributed by atoms with Gasteiger partial charge in [0, 0.05) is 25.3 Å². The van der Waals surface area contributed by atoms with E-state index < -0.39 is 10.0 Å². The predicted molar refractivity (Wildman–Crippen MR) is 86.4 cm³/mol. The predicted octanol–water partition coefficient (Wildman–Crippen LogP) is 1.51. The summed E-state index contributed by atoms with van der Waals surface area (Å²) in [7, 11) is -3.51. The van der Waals surface area contributed by atoms with Crippen LogP contribution in [0.3, 0.4) is 0 Å². The van der Waals surface area contributed by atoms with E-state index in [1.54, 1.807) is 12.1 Å². The van der Waals surface area contributed by atoms with E-state index in [2.05, 4.69) is 14.6 Å². The number of aliphatic hydroxyl groups is 1. The molecule has 1 saturated heterocycles. The fraction of sp³-hybridized carbons (Fsp3) is 0.667. The van der Waals surface area contributed by atoms with Crippen molar-refractivity contribution in [3.8, 4) is 0 Å². The summed E-state index contributed by atoms with van der Waals surface area (Å²) in [4.78, 5) is 6.53. The van der Waals surface area contributed by atoms with Gasteiger partial charge < -0.3 is 10.0 Å². The number of nitrogens with one attached hydrogen (secondary N) is 1. The van der Waals surface area contributed by atoms with Crippen LogP contribution >= 0.6 is 0 Å². The number of pyridine rings is 1. The number of nitrogens with zero attached hydrogens (tertiary/aromatic N) is 2. The number of rotatable bonds is 6. The standard InChI is InChI=1S/C15H25N3O3S/c1-3-4-12(2)17-22(20,21)14-5-6-15(16-11-14)18-9-7-13(19)8-10-18/h5-6,11-13,17,19H,3-4,7-10H2,1-2H3/t12-/m1/s1. The van der Waals surface area contributed by atoms with Crippen LogP contribution in [0.2, 0.25) is 0 Å². The number of anilines is 1. The third-order valence-corrected chi connectivity index (χ3v) is 5.47. The van der Waals surface area contributed by atoms with Gasteiger partial charge in [-0.2, -0.15) is 0 Å². The molecule has 0 bridgehead atoms. The summed E-state index contributed by atoms with van der Waals surface area (Å²) in [6.07, 6.45) is 4.35. The van der Waals surface area contributed by atoms with E-state index in [0.717, 1.165) is 44.6 Å². The number of aromatic nitrogens is 1. The molecular weight excluding hydrogens is 302 g/mol. The van der Waals surface area contributed by atoms with Crippen LogP contribution in [0.5, 0.6) is 0 Å². The van der Waals surface area contributed by atoms with Gasteiger partial charge in [0.25, 0.3) is 0 Å². The van der Waals surface area contributed by atoms with Crippen molar-refractivity contribution in [1.29, 1.82) is 0 Å². The van der Waals surface area contributed by atoms with Gasteiger partial charge >= 0.3 is 0 Å². The van der Waals surface area contributed by atoms with E-state index in [4.69, 9.17) is 0 Å². The van der Waals surface area contributed by atoms with Crippen LogP contribution in [0.1, 0.15) is 39.5 Å². The van der Waals surface area contributed by atoms with Gasteiger partial charge in [0.1, 0.15) is 10.7 Å². The highest BCUT2D eigenvalue weighted by atomic mass is 32.2. The van der Waals surface area contributed by atoms with Crippen molar-refractivity contribution in [2.75, 3.05) is 18.0 Å². The molecule has 6 nitrogen and oxygen atoms in total. The average Bonchev–Trinajstić information content (AvgIpc) is 2.48. The summed E-state index contributed by atoms with van der Waals surface area (Å²) in [5, 5.41) is 9.52. The average molecular weight is 327 g/mol. The molecule has 1 aliphatic heterocycles. The van der Waals surface area contributed by atoms with Crippen LogP contribution in [0, 0.1) is 0 Å². The molecule has 0 aromatic carbocycles. The second kappa shape index (κ2) is 7.39. The molecule has 0 radical (unpaired) electrons. The molecule has 7 heteroatoms. The second-order valence-corrected chi connectivity index (χ2v) is 7.60. The number of piperidine rings is 1. The lowest BCUT2D eigenvalue weighted by Gasteiger charge is -2.30. The zero-order chi connectivity index (χ0) is 16.2. The van der Waals surface area contributed by atoms with Crippen LogP contribution in [0.15, 0.2) is 23.2 Å². The first-order valence-electron chi connectivity index (χ1n) is 7.83. The van der Waals surface area contributed by atoms with E-state index in [-0.39, 0.29) is 17.0 Å². The molecule has 2 heterocycles. The SMILES string of the molecule is CCC[C@@H](C)NS(=O)(=O)c1ccc(N2CCC(O)CC2)nc1. The van der Waals surface area contributed by atoms with E-state index in [9.17, 15) is 13.5 Å². The Morgan fingerprint density at radius 2 is 2.09 bits per heavy atom. The number of hydrogen-bond donors (Lipinski definition) is 2. The molecule has 124 valence electrons. The Bertz CT molecular complexity index is 566. The zero-order valence-electron chi connectivity index (χ0n) is 13.2. The van der Waals surface area contributed by atoms with Gasteiger partial charge in [-0.05, 0) is 38.3 Å². The Balaban J connectivity index is 2.05. The van der Waals surface area contributed by atoms with E-state index in [0.29, 0.717) is 0 Å². The lowest BCUT2D eigenvalue weighted by molar-refractivity contribution is 0.145. The Morgan fingerprint density at radius 3 is 2.64 bits per heavy atom. The fourth-order valence-corrected chi connectivity index (χ4v) is 3.86. The number of sulfonamides is 1. The van der Waals surface area contributed by atoms with Gasteiger partial charge in [-0.3, -0.25) is 0 Å². The molecule has 2 rings (SSSR count). The van der Waals surface area contributed by atoms with Gasteiger partial charge in [0.05, 0.1) is 6.10 Å². The first-order valence-corrected chi connectivity index (χ1v) is 9.32. The largest absolute Gasteiger partial charge is 0.393 e. The minimum atomic E-state index is -3.51. The minimum absolute atomic E-state index is 0.0849. The zero-order valence-corrected chi connectivity index (χ0v) is 14.0. The minimum Gasteiger partial charge on any atom is -0.393 e. The third-order valence-electron chi connectivity index (χ3n) is 3.90. The van der Waals surface area contributed by atoms with Crippen molar-refractivity contribution < 1.29 is 13.5 Å². The molecule has 0 saturated carbocycles. The Hall–Kier alpha value is -1.18. The molecule has 0 aliphatic carbocycles. The van der Waals surface area contributed by atoms with Crippen LogP contribution < -0.4 is 9.62 Å². The van der Waals surface area contributed by atoms with Crippen molar-refractivity contribution in [1.82, 2.24) is 9.71 Å². The topological polar surface area (TPSA) is 82.5 Å². The highest BCUT2D eigenvalue weighted by Gasteiger charge is 2.20.